The summed E-state index contributed by atoms with van der Waals surface area (Å²) in [5.41, 5.74) is 0.641. The van der Waals surface area contributed by atoms with Crippen molar-refractivity contribution in [3.8, 4) is 0 Å². The predicted molar refractivity (Wildman–Crippen MR) is 77.3 cm³/mol. The van der Waals surface area contributed by atoms with Crippen LogP contribution in [0.4, 0.5) is 17.6 Å². The number of nitrogens with zero attached hydrogens (tertiary/aromatic N) is 1. The highest BCUT2D eigenvalue weighted by Crippen LogP contribution is 2.37. The minimum absolute atomic E-state index is 0.158. The summed E-state index contributed by atoms with van der Waals surface area (Å²) in [5.74, 6) is -6.24. The zero-order valence-corrected chi connectivity index (χ0v) is 12.5. The Balaban J connectivity index is 1.97. The van der Waals surface area contributed by atoms with Crippen molar-refractivity contribution in [2.24, 2.45) is 11.8 Å². The van der Waals surface area contributed by atoms with Crippen molar-refractivity contribution in [1.82, 2.24) is 4.90 Å². The molecule has 1 aromatic carbocycles. The van der Waals surface area contributed by atoms with Gasteiger partial charge in [0.1, 0.15) is 5.82 Å². The predicted octanol–water partition coefficient (Wildman–Crippen LogP) is 2.95. The SMILES string of the molecule is O=C(O)[C@@H]1CN(C(=O)C/C=C/c2ccc(F)cc2)C[C@H]1C(F)(F)F. The molecular formula is C16H15F4NO3. The monoisotopic (exact) mass is 345 g/mol. The zero-order valence-electron chi connectivity index (χ0n) is 12.5. The van der Waals surface area contributed by atoms with Crippen LogP contribution >= 0.6 is 0 Å². The van der Waals surface area contributed by atoms with Gasteiger partial charge in [0.05, 0.1) is 11.8 Å². The van der Waals surface area contributed by atoms with Crippen molar-refractivity contribution in [3.05, 3.63) is 41.7 Å². The van der Waals surface area contributed by atoms with Gasteiger partial charge >= 0.3 is 12.1 Å². The van der Waals surface area contributed by atoms with Crippen molar-refractivity contribution in [2.75, 3.05) is 13.1 Å². The largest absolute Gasteiger partial charge is 0.481 e. The van der Waals surface area contributed by atoms with Crippen LogP contribution in [0.5, 0.6) is 0 Å². The van der Waals surface area contributed by atoms with Gasteiger partial charge in [0.15, 0.2) is 0 Å². The molecule has 0 bridgehead atoms. The first kappa shape index (κ1) is 18.0. The number of carbonyl (C=O) groups excluding carboxylic acids is 1. The summed E-state index contributed by atoms with van der Waals surface area (Å²) >= 11 is 0. The normalized spacial score (nSPS) is 21.4. The van der Waals surface area contributed by atoms with Crippen LogP contribution in [0, 0.1) is 17.7 Å². The van der Waals surface area contributed by atoms with Gasteiger partial charge in [0.2, 0.25) is 5.91 Å². The van der Waals surface area contributed by atoms with Crippen molar-refractivity contribution in [3.63, 3.8) is 0 Å². The van der Waals surface area contributed by atoms with E-state index in [9.17, 15) is 27.2 Å². The molecule has 0 aromatic heterocycles. The van der Waals surface area contributed by atoms with Crippen molar-refractivity contribution in [2.45, 2.75) is 12.6 Å². The molecule has 8 heteroatoms. The molecule has 0 unspecified atom stereocenters. The molecule has 24 heavy (non-hydrogen) atoms. The van der Waals surface area contributed by atoms with Gasteiger partial charge in [0, 0.05) is 19.5 Å². The summed E-state index contributed by atoms with van der Waals surface area (Å²) in [6.07, 6.45) is -1.83. The molecule has 1 saturated heterocycles. The molecule has 0 spiro atoms. The molecule has 1 N–H and O–H groups in total. The van der Waals surface area contributed by atoms with Crippen LogP contribution in [-0.4, -0.2) is 41.1 Å². The Labute approximate surface area is 135 Å². The highest BCUT2D eigenvalue weighted by molar-refractivity contribution is 5.81. The van der Waals surface area contributed by atoms with Crippen LogP contribution in [0.15, 0.2) is 30.3 Å². The number of carboxylic acids is 1. The van der Waals surface area contributed by atoms with E-state index in [2.05, 4.69) is 0 Å². The Morgan fingerprint density at radius 1 is 1.21 bits per heavy atom. The van der Waals surface area contributed by atoms with E-state index in [1.165, 1.54) is 30.3 Å². The highest BCUT2D eigenvalue weighted by Gasteiger charge is 2.53. The van der Waals surface area contributed by atoms with Gasteiger partial charge in [-0.05, 0) is 17.7 Å². The first-order valence-electron chi connectivity index (χ1n) is 7.18. The molecule has 1 heterocycles. The maximum absolute atomic E-state index is 12.9. The molecule has 1 fully saturated rings. The Kier molecular flexibility index (Phi) is 5.26. The third-order valence-electron chi connectivity index (χ3n) is 3.88. The summed E-state index contributed by atoms with van der Waals surface area (Å²) in [6, 6.07) is 5.47. The summed E-state index contributed by atoms with van der Waals surface area (Å²) < 4.78 is 51.4. The number of carbonyl (C=O) groups is 2. The Morgan fingerprint density at radius 2 is 1.83 bits per heavy atom. The van der Waals surface area contributed by atoms with Gasteiger partial charge < -0.3 is 10.0 Å². The van der Waals surface area contributed by atoms with Crippen LogP contribution in [0.1, 0.15) is 12.0 Å². The first-order chi connectivity index (χ1) is 11.2. The second-order valence-corrected chi connectivity index (χ2v) is 5.55. The number of benzene rings is 1. The molecule has 1 amide bonds. The summed E-state index contributed by atoms with van der Waals surface area (Å²) in [7, 11) is 0. The zero-order chi connectivity index (χ0) is 17.9. The molecule has 1 aliphatic rings. The highest BCUT2D eigenvalue weighted by atomic mass is 19.4. The average molecular weight is 345 g/mol. The number of amides is 1. The molecule has 1 aliphatic heterocycles. The van der Waals surface area contributed by atoms with E-state index in [0.29, 0.717) is 5.56 Å². The topological polar surface area (TPSA) is 57.6 Å². The van der Waals surface area contributed by atoms with Crippen LogP contribution in [-0.2, 0) is 9.59 Å². The fourth-order valence-electron chi connectivity index (χ4n) is 2.59. The molecule has 1 aromatic rings. The average Bonchev–Trinajstić information content (AvgIpc) is 2.95. The quantitative estimate of drug-likeness (QED) is 0.854. The number of hydrogen-bond acceptors (Lipinski definition) is 2. The van der Waals surface area contributed by atoms with Gasteiger partial charge in [-0.1, -0.05) is 24.3 Å². The fraction of sp³-hybridized carbons (Fsp3) is 0.375. The number of alkyl halides is 3. The van der Waals surface area contributed by atoms with Crippen molar-refractivity contribution >= 4 is 18.0 Å². The van der Waals surface area contributed by atoms with E-state index < -0.39 is 48.8 Å². The minimum Gasteiger partial charge on any atom is -0.481 e. The van der Waals surface area contributed by atoms with E-state index in [-0.39, 0.29) is 6.42 Å². The van der Waals surface area contributed by atoms with Crippen LogP contribution < -0.4 is 0 Å². The third-order valence-corrected chi connectivity index (χ3v) is 3.88. The lowest BCUT2D eigenvalue weighted by atomic mass is 9.96. The number of rotatable bonds is 4. The Hall–Kier alpha value is -2.38. The van der Waals surface area contributed by atoms with Crippen LogP contribution in [0.2, 0.25) is 0 Å². The molecule has 2 atom stereocenters. The number of carboxylic acid groups (broad SMARTS) is 1. The summed E-state index contributed by atoms with van der Waals surface area (Å²) in [5, 5.41) is 8.91. The van der Waals surface area contributed by atoms with Gasteiger partial charge in [-0.25, -0.2) is 4.39 Å². The van der Waals surface area contributed by atoms with Gasteiger partial charge in [-0.15, -0.1) is 0 Å². The summed E-state index contributed by atoms with van der Waals surface area (Å²) in [4.78, 5) is 23.9. The third kappa shape index (κ3) is 4.33. The number of hydrogen-bond donors (Lipinski definition) is 1. The number of likely N-dealkylation sites (tertiary alicyclic amines) is 1. The molecular weight excluding hydrogens is 330 g/mol. The smallest absolute Gasteiger partial charge is 0.394 e. The molecule has 0 aliphatic carbocycles. The molecule has 2 rings (SSSR count). The van der Waals surface area contributed by atoms with E-state index >= 15 is 0 Å². The van der Waals surface area contributed by atoms with Crippen LogP contribution in [0.25, 0.3) is 6.08 Å². The standard InChI is InChI=1S/C16H15F4NO3/c17-11-6-4-10(5-7-11)2-1-3-14(22)21-8-12(15(23)24)13(9-21)16(18,19)20/h1-2,4-7,12-13H,3,8-9H2,(H,23,24)/b2-1+/t12-,13-/m1/s1. The maximum Gasteiger partial charge on any atom is 0.394 e. The van der Waals surface area contributed by atoms with E-state index in [1.54, 1.807) is 6.08 Å². The van der Waals surface area contributed by atoms with Crippen molar-refractivity contribution < 1.29 is 32.3 Å². The maximum atomic E-state index is 12.9. The molecule has 0 radical (unpaired) electrons. The summed E-state index contributed by atoms with van der Waals surface area (Å²) in [6.45, 7) is -1.10. The lowest BCUT2D eigenvalue weighted by Gasteiger charge is -2.18. The first-order valence-corrected chi connectivity index (χ1v) is 7.18. The Bertz CT molecular complexity index is 640. The van der Waals surface area contributed by atoms with E-state index in [4.69, 9.17) is 5.11 Å². The van der Waals surface area contributed by atoms with Crippen molar-refractivity contribution in [1.29, 1.82) is 0 Å². The van der Waals surface area contributed by atoms with E-state index in [1.807, 2.05) is 0 Å². The fourth-order valence-corrected chi connectivity index (χ4v) is 2.59. The second-order valence-electron chi connectivity index (χ2n) is 5.55. The number of halogens is 4. The minimum atomic E-state index is -4.66. The van der Waals surface area contributed by atoms with Gasteiger partial charge in [-0.3, -0.25) is 9.59 Å². The van der Waals surface area contributed by atoms with Gasteiger partial charge in [0.25, 0.3) is 0 Å². The van der Waals surface area contributed by atoms with Gasteiger partial charge in [-0.2, -0.15) is 13.2 Å². The number of aliphatic carboxylic acids is 1. The van der Waals surface area contributed by atoms with E-state index in [0.717, 1.165) is 4.90 Å². The molecule has 0 saturated carbocycles. The Morgan fingerprint density at radius 3 is 2.33 bits per heavy atom. The lowest BCUT2D eigenvalue weighted by Crippen LogP contribution is -2.34. The van der Waals surface area contributed by atoms with Crippen LogP contribution in [0.3, 0.4) is 0 Å². The molecule has 4 nitrogen and oxygen atoms in total. The molecule has 130 valence electrons. The second kappa shape index (κ2) is 7.02. The lowest BCUT2D eigenvalue weighted by molar-refractivity contribution is -0.188.